The fourth-order valence-electron chi connectivity index (χ4n) is 2.92. The summed E-state index contributed by atoms with van der Waals surface area (Å²) in [5.41, 5.74) is 6.65. The van der Waals surface area contributed by atoms with Gasteiger partial charge in [0, 0.05) is 26.9 Å². The van der Waals surface area contributed by atoms with E-state index in [1.165, 1.54) is 6.07 Å². The number of nitrogens with two attached hydrogens (primary N) is 1. The summed E-state index contributed by atoms with van der Waals surface area (Å²) in [6, 6.07) is 6.64. The molecule has 2 aromatic carbocycles. The van der Waals surface area contributed by atoms with Crippen molar-refractivity contribution >= 4 is 28.9 Å². The summed E-state index contributed by atoms with van der Waals surface area (Å²) in [6.45, 7) is 0. The number of nitrogens with zero attached hydrogens (tertiary/aromatic N) is 2. The van der Waals surface area contributed by atoms with Crippen molar-refractivity contribution in [2.45, 2.75) is 18.3 Å². The normalized spacial score (nSPS) is 15.4. The van der Waals surface area contributed by atoms with Crippen molar-refractivity contribution in [3.63, 3.8) is 0 Å². The largest absolute Gasteiger partial charge is 0.399 e. The summed E-state index contributed by atoms with van der Waals surface area (Å²) < 4.78 is 31.7. The Morgan fingerprint density at radius 2 is 1.72 bits per heavy atom. The zero-order chi connectivity index (χ0) is 17.8. The maximum atomic E-state index is 13.4. The maximum absolute atomic E-state index is 13.4. The van der Waals surface area contributed by atoms with Crippen molar-refractivity contribution < 1.29 is 13.3 Å². The first-order valence-electron chi connectivity index (χ1n) is 7.45. The molecular formula is C17H11Cl2F2N3O. The lowest BCUT2D eigenvalue weighted by molar-refractivity contribution is 0.417. The molecule has 1 fully saturated rings. The Morgan fingerprint density at radius 3 is 2.32 bits per heavy atom. The molecule has 1 heterocycles. The molecule has 25 heavy (non-hydrogen) atoms. The maximum Gasteiger partial charge on any atom is 0.258 e. The van der Waals surface area contributed by atoms with Crippen LogP contribution >= 0.6 is 23.2 Å². The average Bonchev–Trinajstić information content (AvgIpc) is 3.17. The van der Waals surface area contributed by atoms with Gasteiger partial charge >= 0.3 is 0 Å². The van der Waals surface area contributed by atoms with Crippen molar-refractivity contribution in [3.8, 4) is 11.5 Å². The van der Waals surface area contributed by atoms with E-state index in [0.29, 0.717) is 32.7 Å². The van der Waals surface area contributed by atoms with E-state index in [1.54, 1.807) is 12.1 Å². The fraction of sp³-hybridized carbons (Fsp3) is 0.176. The summed E-state index contributed by atoms with van der Waals surface area (Å²) in [5, 5.41) is 4.87. The molecule has 4 rings (SSSR count). The summed E-state index contributed by atoms with van der Waals surface area (Å²) >= 11 is 12.7. The van der Waals surface area contributed by atoms with Gasteiger partial charge in [-0.05, 0) is 43.2 Å². The second kappa shape index (κ2) is 5.68. The van der Waals surface area contributed by atoms with Gasteiger partial charge in [-0.1, -0.05) is 28.4 Å². The topological polar surface area (TPSA) is 64.9 Å². The molecule has 8 heteroatoms. The molecule has 1 aliphatic rings. The molecule has 0 aliphatic heterocycles. The third kappa shape index (κ3) is 2.65. The van der Waals surface area contributed by atoms with E-state index in [0.717, 1.165) is 25.0 Å². The van der Waals surface area contributed by atoms with Gasteiger partial charge in [0.25, 0.3) is 5.89 Å². The van der Waals surface area contributed by atoms with Gasteiger partial charge in [0.15, 0.2) is 17.5 Å². The molecule has 0 atom stereocenters. The second-order valence-corrected chi connectivity index (χ2v) is 6.81. The number of rotatable bonds is 3. The molecule has 0 amide bonds. The Morgan fingerprint density at radius 1 is 1.04 bits per heavy atom. The minimum atomic E-state index is -0.983. The van der Waals surface area contributed by atoms with Crippen molar-refractivity contribution in [3.05, 3.63) is 63.4 Å². The molecule has 0 unspecified atom stereocenters. The van der Waals surface area contributed by atoms with Crippen LogP contribution in [0.3, 0.4) is 0 Å². The molecule has 1 aromatic heterocycles. The number of anilines is 1. The van der Waals surface area contributed by atoms with Crippen LogP contribution in [0, 0.1) is 11.6 Å². The van der Waals surface area contributed by atoms with Gasteiger partial charge in [-0.3, -0.25) is 0 Å². The van der Waals surface area contributed by atoms with Crippen LogP contribution in [0.25, 0.3) is 11.5 Å². The van der Waals surface area contributed by atoms with Crippen LogP contribution < -0.4 is 5.73 Å². The molecule has 3 aromatic rings. The summed E-state index contributed by atoms with van der Waals surface area (Å²) in [7, 11) is 0. The van der Waals surface area contributed by atoms with Crippen molar-refractivity contribution in [2.24, 2.45) is 0 Å². The molecule has 4 nitrogen and oxygen atoms in total. The Bertz CT molecular complexity index is 963. The lowest BCUT2D eigenvalue weighted by Crippen LogP contribution is -2.12. The molecular weight excluding hydrogens is 371 g/mol. The Balaban J connectivity index is 1.76. The SMILES string of the molecule is Nc1cc(Cl)c(C2(c3noc(-c4ccc(F)c(F)c4)n3)CC2)c(Cl)c1. The highest BCUT2D eigenvalue weighted by Gasteiger charge is 2.52. The van der Waals surface area contributed by atoms with Crippen LogP contribution in [-0.4, -0.2) is 10.1 Å². The number of hydrogen-bond donors (Lipinski definition) is 1. The standard InChI is InChI=1S/C17H11Cl2F2N3O/c18-10-6-9(22)7-11(19)14(10)17(3-4-17)16-23-15(25-24-16)8-1-2-12(20)13(21)5-8/h1-2,5-7H,3-4,22H2. The van der Waals surface area contributed by atoms with Crippen molar-refractivity contribution in [1.82, 2.24) is 10.1 Å². The lowest BCUT2D eigenvalue weighted by atomic mass is 9.94. The quantitative estimate of drug-likeness (QED) is 0.649. The third-order valence-corrected chi connectivity index (χ3v) is 4.91. The van der Waals surface area contributed by atoms with Gasteiger partial charge in [0.2, 0.25) is 0 Å². The first-order chi connectivity index (χ1) is 11.9. The molecule has 0 spiro atoms. The minimum absolute atomic E-state index is 0.0999. The van der Waals surface area contributed by atoms with Crippen molar-refractivity contribution in [1.29, 1.82) is 0 Å². The fourth-order valence-corrected chi connectivity index (χ4v) is 3.79. The van der Waals surface area contributed by atoms with Crippen LogP contribution in [0.15, 0.2) is 34.9 Å². The smallest absolute Gasteiger partial charge is 0.258 e. The van der Waals surface area contributed by atoms with E-state index in [-0.39, 0.29) is 5.89 Å². The summed E-state index contributed by atoms with van der Waals surface area (Å²) in [5.74, 6) is -1.42. The molecule has 0 radical (unpaired) electrons. The van der Waals surface area contributed by atoms with Crippen LogP contribution in [0.5, 0.6) is 0 Å². The summed E-state index contributed by atoms with van der Waals surface area (Å²) in [6.07, 6.45) is 1.49. The Labute approximate surface area is 151 Å². The highest BCUT2D eigenvalue weighted by Crippen LogP contribution is 2.56. The van der Waals surface area contributed by atoms with E-state index < -0.39 is 17.0 Å². The van der Waals surface area contributed by atoms with Crippen molar-refractivity contribution in [2.75, 3.05) is 5.73 Å². The van der Waals surface area contributed by atoms with Crippen LogP contribution in [-0.2, 0) is 5.41 Å². The zero-order valence-corrected chi connectivity index (χ0v) is 14.2. The predicted molar refractivity (Wildman–Crippen MR) is 90.5 cm³/mol. The predicted octanol–water partition coefficient (Wildman–Crippen LogP) is 4.98. The zero-order valence-electron chi connectivity index (χ0n) is 12.7. The van der Waals surface area contributed by atoms with Gasteiger partial charge in [-0.25, -0.2) is 8.78 Å². The monoisotopic (exact) mass is 381 g/mol. The first-order valence-corrected chi connectivity index (χ1v) is 8.21. The molecule has 128 valence electrons. The van der Waals surface area contributed by atoms with E-state index in [9.17, 15) is 8.78 Å². The molecule has 1 saturated carbocycles. The lowest BCUT2D eigenvalue weighted by Gasteiger charge is -2.15. The van der Waals surface area contributed by atoms with E-state index >= 15 is 0 Å². The number of halogens is 4. The number of nitrogen functional groups attached to an aromatic ring is 1. The minimum Gasteiger partial charge on any atom is -0.399 e. The van der Waals surface area contributed by atoms with E-state index in [2.05, 4.69) is 10.1 Å². The Hall–Kier alpha value is -2.18. The van der Waals surface area contributed by atoms with Gasteiger partial charge < -0.3 is 10.3 Å². The van der Waals surface area contributed by atoms with E-state index in [4.69, 9.17) is 33.5 Å². The van der Waals surface area contributed by atoms with Gasteiger partial charge in [-0.2, -0.15) is 4.98 Å². The highest BCUT2D eigenvalue weighted by molar-refractivity contribution is 6.36. The average molecular weight is 382 g/mol. The number of benzene rings is 2. The van der Waals surface area contributed by atoms with Crippen LogP contribution in [0.2, 0.25) is 10.0 Å². The molecule has 0 saturated heterocycles. The molecule has 0 bridgehead atoms. The van der Waals surface area contributed by atoms with Gasteiger partial charge in [-0.15, -0.1) is 0 Å². The Kier molecular flexibility index (Phi) is 3.70. The number of aromatic nitrogens is 2. The second-order valence-electron chi connectivity index (χ2n) is 5.99. The molecule has 1 aliphatic carbocycles. The van der Waals surface area contributed by atoms with E-state index in [1.807, 2.05) is 0 Å². The van der Waals surface area contributed by atoms with Gasteiger partial charge in [0.1, 0.15) is 0 Å². The highest BCUT2D eigenvalue weighted by atomic mass is 35.5. The van der Waals surface area contributed by atoms with Crippen LogP contribution in [0.1, 0.15) is 24.2 Å². The summed E-state index contributed by atoms with van der Waals surface area (Å²) in [4.78, 5) is 4.35. The first kappa shape index (κ1) is 16.3. The van der Waals surface area contributed by atoms with Crippen LogP contribution in [0.4, 0.5) is 14.5 Å². The third-order valence-electron chi connectivity index (χ3n) is 4.31. The van der Waals surface area contributed by atoms with Gasteiger partial charge in [0.05, 0.1) is 5.41 Å². The number of hydrogen-bond acceptors (Lipinski definition) is 4. The molecule has 2 N–H and O–H groups in total.